The maximum absolute atomic E-state index is 11.8. The normalized spacial score (nSPS) is 19.9. The summed E-state index contributed by atoms with van der Waals surface area (Å²) in [6.45, 7) is 0.450. The maximum atomic E-state index is 11.8. The molecule has 0 bridgehead atoms. The van der Waals surface area contributed by atoms with Crippen molar-refractivity contribution in [3.8, 4) is 5.75 Å². The number of nitrogens with two attached hydrogens (primary N) is 1. The number of hydrogen-bond acceptors (Lipinski definition) is 3. The van der Waals surface area contributed by atoms with Crippen LogP contribution in [-0.4, -0.2) is 25.6 Å². The number of halogens is 2. The Morgan fingerprint density at radius 3 is 2.71 bits per heavy atom. The highest BCUT2D eigenvalue weighted by molar-refractivity contribution is 6.36. The molecule has 0 aromatic heterocycles. The SMILES string of the molecule is COc1c(Cl)cc(Cl)cc1N1CC(N)CC1=O. The Hall–Kier alpha value is -0.970. The number of nitrogens with zero attached hydrogens (tertiary/aromatic N) is 1. The molecular formula is C11H12Cl2N2O2. The molecule has 1 aliphatic heterocycles. The molecule has 4 nitrogen and oxygen atoms in total. The first kappa shape index (κ1) is 12.5. The van der Waals surface area contributed by atoms with Gasteiger partial charge in [-0.3, -0.25) is 4.79 Å². The average molecular weight is 275 g/mol. The topological polar surface area (TPSA) is 55.6 Å². The molecule has 1 aliphatic rings. The third-order valence-electron chi connectivity index (χ3n) is 2.64. The van der Waals surface area contributed by atoms with E-state index in [0.29, 0.717) is 34.4 Å². The van der Waals surface area contributed by atoms with Crippen LogP contribution in [0.5, 0.6) is 5.75 Å². The molecule has 0 saturated carbocycles. The molecule has 1 aromatic carbocycles. The minimum absolute atomic E-state index is 0.0471. The monoisotopic (exact) mass is 274 g/mol. The molecule has 1 unspecified atom stereocenters. The standard InChI is InChI=1S/C11H12Cl2N2O2/c1-17-11-8(13)2-6(12)3-9(11)15-5-7(14)4-10(15)16/h2-3,7H,4-5,14H2,1H3. The number of hydrogen-bond donors (Lipinski definition) is 1. The van der Waals surface area contributed by atoms with Crippen molar-refractivity contribution in [3.63, 3.8) is 0 Å². The summed E-state index contributed by atoms with van der Waals surface area (Å²) in [6, 6.07) is 3.07. The van der Waals surface area contributed by atoms with Gasteiger partial charge in [0.25, 0.3) is 0 Å². The van der Waals surface area contributed by atoms with Gasteiger partial charge in [0, 0.05) is 24.0 Å². The largest absolute Gasteiger partial charge is 0.493 e. The second-order valence-electron chi connectivity index (χ2n) is 3.91. The molecule has 0 spiro atoms. The Kier molecular flexibility index (Phi) is 3.47. The van der Waals surface area contributed by atoms with Gasteiger partial charge in [-0.1, -0.05) is 23.2 Å². The number of amides is 1. The lowest BCUT2D eigenvalue weighted by atomic mass is 10.2. The van der Waals surface area contributed by atoms with Gasteiger partial charge >= 0.3 is 0 Å². The Morgan fingerprint density at radius 2 is 2.18 bits per heavy atom. The van der Waals surface area contributed by atoms with E-state index in [9.17, 15) is 4.79 Å². The third-order valence-corrected chi connectivity index (χ3v) is 3.14. The number of carbonyl (C=O) groups excluding carboxylic acids is 1. The lowest BCUT2D eigenvalue weighted by molar-refractivity contribution is -0.117. The van der Waals surface area contributed by atoms with Gasteiger partial charge in [-0.2, -0.15) is 0 Å². The summed E-state index contributed by atoms with van der Waals surface area (Å²) in [6.07, 6.45) is 0.327. The van der Waals surface area contributed by atoms with E-state index in [0.717, 1.165) is 0 Å². The summed E-state index contributed by atoms with van der Waals surface area (Å²) in [5.74, 6) is 0.396. The van der Waals surface area contributed by atoms with Crippen LogP contribution in [0.25, 0.3) is 0 Å². The van der Waals surface area contributed by atoms with E-state index in [1.807, 2.05) is 0 Å². The van der Waals surface area contributed by atoms with Crippen LogP contribution in [0.2, 0.25) is 10.0 Å². The molecule has 1 fully saturated rings. The Balaban J connectivity index is 2.47. The number of carbonyl (C=O) groups is 1. The van der Waals surface area contributed by atoms with Crippen LogP contribution in [0.4, 0.5) is 5.69 Å². The molecule has 1 amide bonds. The van der Waals surface area contributed by atoms with Crippen LogP contribution in [0, 0.1) is 0 Å². The Bertz CT molecular complexity index is 465. The maximum Gasteiger partial charge on any atom is 0.228 e. The average Bonchev–Trinajstić information content (AvgIpc) is 2.56. The summed E-state index contributed by atoms with van der Waals surface area (Å²) >= 11 is 12.0. The van der Waals surface area contributed by atoms with Crippen LogP contribution >= 0.6 is 23.2 Å². The first-order valence-electron chi connectivity index (χ1n) is 5.12. The van der Waals surface area contributed by atoms with E-state index >= 15 is 0 Å². The predicted octanol–water partition coefficient (Wildman–Crippen LogP) is 2.07. The van der Waals surface area contributed by atoms with Crippen LogP contribution in [0.15, 0.2) is 12.1 Å². The van der Waals surface area contributed by atoms with E-state index in [-0.39, 0.29) is 11.9 Å². The molecule has 6 heteroatoms. The quantitative estimate of drug-likeness (QED) is 0.898. The van der Waals surface area contributed by atoms with Crippen molar-refractivity contribution in [1.82, 2.24) is 0 Å². The molecule has 2 rings (SSSR count). The highest BCUT2D eigenvalue weighted by Gasteiger charge is 2.30. The molecule has 2 N–H and O–H groups in total. The van der Waals surface area contributed by atoms with Crippen LogP contribution in [0.1, 0.15) is 6.42 Å². The van der Waals surface area contributed by atoms with E-state index in [2.05, 4.69) is 0 Å². The number of ether oxygens (including phenoxy) is 1. The lowest BCUT2D eigenvalue weighted by Crippen LogP contribution is -2.28. The van der Waals surface area contributed by atoms with Crippen molar-refractivity contribution < 1.29 is 9.53 Å². The number of benzene rings is 1. The fourth-order valence-electron chi connectivity index (χ4n) is 1.92. The summed E-state index contributed by atoms with van der Waals surface area (Å²) in [4.78, 5) is 13.3. The van der Waals surface area contributed by atoms with Gasteiger partial charge in [0.1, 0.15) is 0 Å². The van der Waals surface area contributed by atoms with E-state index in [1.54, 1.807) is 17.0 Å². The fraction of sp³-hybridized carbons (Fsp3) is 0.364. The Labute approximate surface area is 109 Å². The van der Waals surface area contributed by atoms with Gasteiger partial charge in [-0.25, -0.2) is 0 Å². The van der Waals surface area contributed by atoms with Crippen LogP contribution in [0.3, 0.4) is 0 Å². The predicted molar refractivity (Wildman–Crippen MR) is 68.0 cm³/mol. The summed E-state index contributed by atoms with van der Waals surface area (Å²) in [7, 11) is 1.50. The molecular weight excluding hydrogens is 263 g/mol. The van der Waals surface area contributed by atoms with Gasteiger partial charge in [0.05, 0.1) is 17.8 Å². The smallest absolute Gasteiger partial charge is 0.228 e. The number of anilines is 1. The first-order chi connectivity index (χ1) is 8.02. The second-order valence-corrected chi connectivity index (χ2v) is 4.75. The van der Waals surface area contributed by atoms with E-state index < -0.39 is 0 Å². The van der Waals surface area contributed by atoms with Gasteiger partial charge in [-0.15, -0.1) is 0 Å². The zero-order valence-electron chi connectivity index (χ0n) is 9.24. The number of methoxy groups -OCH3 is 1. The minimum Gasteiger partial charge on any atom is -0.493 e. The highest BCUT2D eigenvalue weighted by atomic mass is 35.5. The first-order valence-corrected chi connectivity index (χ1v) is 5.87. The number of rotatable bonds is 2. The molecule has 1 aromatic rings. The highest BCUT2D eigenvalue weighted by Crippen LogP contribution is 2.39. The van der Waals surface area contributed by atoms with Crippen molar-refractivity contribution in [2.24, 2.45) is 5.73 Å². The summed E-state index contributed by atoms with van der Waals surface area (Å²) < 4.78 is 5.20. The molecule has 1 heterocycles. The van der Waals surface area contributed by atoms with Gasteiger partial charge in [0.2, 0.25) is 5.91 Å². The molecule has 1 saturated heterocycles. The third kappa shape index (κ3) is 2.34. The van der Waals surface area contributed by atoms with E-state index in [4.69, 9.17) is 33.7 Å². The second kappa shape index (κ2) is 4.72. The van der Waals surface area contributed by atoms with Gasteiger partial charge in [-0.05, 0) is 12.1 Å². The summed E-state index contributed by atoms with van der Waals surface area (Å²) in [5.41, 5.74) is 6.32. The van der Waals surface area contributed by atoms with Crippen molar-refractivity contribution in [1.29, 1.82) is 0 Å². The zero-order chi connectivity index (χ0) is 12.6. The van der Waals surface area contributed by atoms with Crippen LogP contribution in [-0.2, 0) is 4.79 Å². The Morgan fingerprint density at radius 1 is 1.47 bits per heavy atom. The van der Waals surface area contributed by atoms with Crippen molar-refractivity contribution in [3.05, 3.63) is 22.2 Å². The fourth-order valence-corrected chi connectivity index (χ4v) is 2.48. The van der Waals surface area contributed by atoms with Crippen molar-refractivity contribution in [2.75, 3.05) is 18.6 Å². The van der Waals surface area contributed by atoms with E-state index in [1.165, 1.54) is 7.11 Å². The zero-order valence-corrected chi connectivity index (χ0v) is 10.8. The van der Waals surface area contributed by atoms with Gasteiger partial charge < -0.3 is 15.4 Å². The molecule has 92 valence electrons. The van der Waals surface area contributed by atoms with Gasteiger partial charge in [0.15, 0.2) is 5.75 Å². The molecule has 0 aliphatic carbocycles. The molecule has 0 radical (unpaired) electrons. The molecule has 1 atom stereocenters. The van der Waals surface area contributed by atoms with Crippen molar-refractivity contribution >= 4 is 34.8 Å². The minimum atomic E-state index is -0.162. The summed E-state index contributed by atoms with van der Waals surface area (Å²) in [5, 5.41) is 0.836. The van der Waals surface area contributed by atoms with Crippen LogP contribution < -0.4 is 15.4 Å². The van der Waals surface area contributed by atoms with Crippen molar-refractivity contribution in [2.45, 2.75) is 12.5 Å². The lowest BCUT2D eigenvalue weighted by Gasteiger charge is -2.20. The molecule has 17 heavy (non-hydrogen) atoms.